The molecule has 0 bridgehead atoms. The van der Waals surface area contributed by atoms with Gasteiger partial charge in [0.25, 0.3) is 0 Å². The topological polar surface area (TPSA) is 46.5 Å². The summed E-state index contributed by atoms with van der Waals surface area (Å²) in [7, 11) is 1.64. The Bertz CT molecular complexity index is 544. The molecule has 0 heterocycles. The number of carboxylic acids is 1. The fourth-order valence-corrected chi connectivity index (χ4v) is 1.78. The lowest BCUT2D eigenvalue weighted by atomic mass is 10.0. The molecule has 0 unspecified atom stereocenters. The lowest BCUT2D eigenvalue weighted by Crippen LogP contribution is -1.96. The van der Waals surface area contributed by atoms with Crippen LogP contribution in [0.3, 0.4) is 0 Å². The van der Waals surface area contributed by atoms with Gasteiger partial charge in [-0.15, -0.1) is 0 Å². The smallest absolute Gasteiger partial charge is 0.335 e. The van der Waals surface area contributed by atoms with E-state index >= 15 is 0 Å². The molecule has 0 aliphatic rings. The molecule has 3 nitrogen and oxygen atoms in total. The van der Waals surface area contributed by atoms with Gasteiger partial charge >= 0.3 is 5.97 Å². The van der Waals surface area contributed by atoms with Crippen LogP contribution in [0.1, 0.15) is 21.5 Å². The largest absolute Gasteiger partial charge is 0.497 e. The molecule has 3 heteroatoms. The maximum Gasteiger partial charge on any atom is 0.335 e. The van der Waals surface area contributed by atoms with Gasteiger partial charge in [-0.1, -0.05) is 24.3 Å². The molecule has 0 aromatic heterocycles. The van der Waals surface area contributed by atoms with E-state index in [1.165, 1.54) is 0 Å². The van der Waals surface area contributed by atoms with E-state index in [0.717, 1.165) is 23.3 Å². The zero-order chi connectivity index (χ0) is 13.0. The summed E-state index contributed by atoms with van der Waals surface area (Å²) in [5.74, 6) is -0.0717. The second-order valence-corrected chi connectivity index (χ2v) is 4.03. The lowest BCUT2D eigenvalue weighted by Gasteiger charge is -2.05. The fraction of sp³-hybridized carbons (Fsp3) is 0.133. The van der Waals surface area contributed by atoms with E-state index in [1.54, 1.807) is 19.2 Å². The van der Waals surface area contributed by atoms with E-state index in [4.69, 9.17) is 9.84 Å². The first-order valence-corrected chi connectivity index (χ1v) is 5.64. The molecule has 0 amide bonds. The van der Waals surface area contributed by atoms with E-state index < -0.39 is 5.97 Å². The van der Waals surface area contributed by atoms with Gasteiger partial charge in [-0.2, -0.15) is 0 Å². The van der Waals surface area contributed by atoms with Crippen molar-refractivity contribution in [3.8, 4) is 5.75 Å². The lowest BCUT2D eigenvalue weighted by molar-refractivity contribution is 0.0697. The van der Waals surface area contributed by atoms with Crippen LogP contribution < -0.4 is 4.74 Å². The molecule has 0 atom stereocenters. The van der Waals surface area contributed by atoms with E-state index in [0.29, 0.717) is 5.56 Å². The number of carbonyl (C=O) groups is 1. The first kappa shape index (κ1) is 12.2. The monoisotopic (exact) mass is 242 g/mol. The van der Waals surface area contributed by atoms with Gasteiger partial charge in [0, 0.05) is 0 Å². The van der Waals surface area contributed by atoms with Crippen molar-refractivity contribution in [3.63, 3.8) is 0 Å². The Morgan fingerprint density at radius 2 is 1.83 bits per heavy atom. The third-order valence-corrected chi connectivity index (χ3v) is 2.74. The predicted molar refractivity (Wildman–Crippen MR) is 69.2 cm³/mol. The van der Waals surface area contributed by atoms with Crippen molar-refractivity contribution < 1.29 is 14.6 Å². The molecule has 0 fully saturated rings. The van der Waals surface area contributed by atoms with Gasteiger partial charge in [0.15, 0.2) is 0 Å². The molecular weight excluding hydrogens is 228 g/mol. The van der Waals surface area contributed by atoms with Crippen molar-refractivity contribution in [3.05, 3.63) is 65.2 Å². The molecule has 92 valence electrons. The van der Waals surface area contributed by atoms with Crippen molar-refractivity contribution in [2.75, 3.05) is 7.11 Å². The molecule has 2 aromatic rings. The van der Waals surface area contributed by atoms with Crippen LogP contribution in [-0.2, 0) is 6.42 Å². The number of hydrogen-bond acceptors (Lipinski definition) is 2. The van der Waals surface area contributed by atoms with Crippen LogP contribution in [-0.4, -0.2) is 18.2 Å². The molecule has 18 heavy (non-hydrogen) atoms. The van der Waals surface area contributed by atoms with Crippen LogP contribution in [0.4, 0.5) is 0 Å². The van der Waals surface area contributed by atoms with E-state index in [1.807, 2.05) is 36.4 Å². The van der Waals surface area contributed by atoms with Crippen LogP contribution in [0.2, 0.25) is 0 Å². The number of ether oxygens (including phenoxy) is 1. The van der Waals surface area contributed by atoms with Crippen LogP contribution >= 0.6 is 0 Å². The van der Waals surface area contributed by atoms with Gasteiger partial charge < -0.3 is 9.84 Å². The number of benzene rings is 2. The third-order valence-electron chi connectivity index (χ3n) is 2.74. The van der Waals surface area contributed by atoms with Gasteiger partial charge in [-0.3, -0.25) is 0 Å². The van der Waals surface area contributed by atoms with Gasteiger partial charge in [-0.05, 0) is 41.8 Å². The second-order valence-electron chi connectivity index (χ2n) is 4.03. The highest BCUT2D eigenvalue weighted by Crippen LogP contribution is 2.16. The highest BCUT2D eigenvalue weighted by molar-refractivity contribution is 5.87. The quantitative estimate of drug-likeness (QED) is 0.896. The Balaban J connectivity index is 2.15. The van der Waals surface area contributed by atoms with Gasteiger partial charge in [0.1, 0.15) is 5.75 Å². The first-order chi connectivity index (χ1) is 8.69. The summed E-state index contributed by atoms with van der Waals surface area (Å²) >= 11 is 0. The molecule has 0 saturated carbocycles. The highest BCUT2D eigenvalue weighted by Gasteiger charge is 2.02. The summed E-state index contributed by atoms with van der Waals surface area (Å²) in [5.41, 5.74) is 2.52. The normalized spacial score (nSPS) is 10.1. The standard InChI is InChI=1S/C15H14O3/c1-18-14-4-2-3-12(10-14)9-11-5-7-13(8-6-11)15(16)17/h2-8,10H,9H2,1H3,(H,16,17). The number of rotatable bonds is 4. The van der Waals surface area contributed by atoms with E-state index in [9.17, 15) is 4.79 Å². The van der Waals surface area contributed by atoms with Crippen LogP contribution in [0, 0.1) is 0 Å². The summed E-state index contributed by atoms with van der Waals surface area (Å²) in [6, 6.07) is 14.8. The highest BCUT2D eigenvalue weighted by atomic mass is 16.5. The SMILES string of the molecule is COc1cccc(Cc2ccc(C(=O)O)cc2)c1. The van der Waals surface area contributed by atoms with Crippen molar-refractivity contribution in [2.45, 2.75) is 6.42 Å². The minimum absolute atomic E-state index is 0.310. The maximum atomic E-state index is 10.7. The zero-order valence-corrected chi connectivity index (χ0v) is 10.1. The minimum Gasteiger partial charge on any atom is -0.497 e. The average Bonchev–Trinajstić information content (AvgIpc) is 2.39. The summed E-state index contributed by atoms with van der Waals surface area (Å²) in [4.78, 5) is 10.7. The van der Waals surface area contributed by atoms with E-state index in [2.05, 4.69) is 0 Å². The Labute approximate surface area is 106 Å². The van der Waals surface area contributed by atoms with Crippen molar-refractivity contribution in [1.29, 1.82) is 0 Å². The van der Waals surface area contributed by atoms with Crippen LogP contribution in [0.5, 0.6) is 5.75 Å². The van der Waals surface area contributed by atoms with Gasteiger partial charge in [0.2, 0.25) is 0 Å². The minimum atomic E-state index is -0.900. The van der Waals surface area contributed by atoms with Crippen LogP contribution in [0.15, 0.2) is 48.5 Å². The molecule has 2 aromatic carbocycles. The summed E-state index contributed by atoms with van der Waals surface area (Å²) in [6.07, 6.45) is 0.761. The van der Waals surface area contributed by atoms with Crippen molar-refractivity contribution in [2.24, 2.45) is 0 Å². The van der Waals surface area contributed by atoms with Crippen molar-refractivity contribution >= 4 is 5.97 Å². The summed E-state index contributed by atoms with van der Waals surface area (Å²) in [6.45, 7) is 0. The molecule has 0 aliphatic heterocycles. The molecule has 1 N–H and O–H groups in total. The third kappa shape index (κ3) is 2.88. The molecule has 0 radical (unpaired) electrons. The second kappa shape index (κ2) is 5.36. The Morgan fingerprint density at radius 1 is 1.11 bits per heavy atom. The molecule has 2 rings (SSSR count). The molecule has 0 saturated heterocycles. The van der Waals surface area contributed by atoms with Gasteiger partial charge in [0.05, 0.1) is 12.7 Å². The zero-order valence-electron chi connectivity index (χ0n) is 10.1. The average molecular weight is 242 g/mol. The Hall–Kier alpha value is -2.29. The van der Waals surface area contributed by atoms with Gasteiger partial charge in [-0.25, -0.2) is 4.79 Å². The fourth-order valence-electron chi connectivity index (χ4n) is 1.78. The predicted octanol–water partition coefficient (Wildman–Crippen LogP) is 2.98. The van der Waals surface area contributed by atoms with Crippen LogP contribution in [0.25, 0.3) is 0 Å². The number of hydrogen-bond donors (Lipinski definition) is 1. The number of carboxylic acid groups (broad SMARTS) is 1. The molecular formula is C15H14O3. The van der Waals surface area contributed by atoms with Crippen molar-refractivity contribution in [1.82, 2.24) is 0 Å². The summed E-state index contributed by atoms with van der Waals surface area (Å²) < 4.78 is 5.17. The first-order valence-electron chi connectivity index (χ1n) is 5.64. The number of aromatic carboxylic acids is 1. The summed E-state index contributed by atoms with van der Waals surface area (Å²) in [5, 5.41) is 8.82. The maximum absolute atomic E-state index is 10.7. The Morgan fingerprint density at radius 3 is 2.44 bits per heavy atom. The Kier molecular flexibility index (Phi) is 3.63. The van der Waals surface area contributed by atoms with E-state index in [-0.39, 0.29) is 0 Å². The number of methoxy groups -OCH3 is 1. The molecule has 0 spiro atoms. The molecule has 0 aliphatic carbocycles.